The maximum absolute atomic E-state index is 10.5. The number of aliphatic carboxylic acids is 1. The van der Waals surface area contributed by atoms with Gasteiger partial charge in [-0.25, -0.2) is 0 Å². The Labute approximate surface area is 90.0 Å². The van der Waals surface area contributed by atoms with Gasteiger partial charge >= 0.3 is 5.97 Å². The third-order valence-electron chi connectivity index (χ3n) is 1.82. The molecular weight excluding hydrogens is 182 g/mol. The number of quaternary nitrogens is 1. The summed E-state index contributed by atoms with van der Waals surface area (Å²) in [6.07, 6.45) is -1.97. The molecule has 0 saturated heterocycles. The van der Waals surface area contributed by atoms with Gasteiger partial charge in [-0.15, -0.1) is 0 Å². The minimum absolute atomic E-state index is 0.242. The number of unbranched alkanes of at least 4 members (excludes halogenated alkanes) is 1. The Balaban J connectivity index is 5.01. The van der Waals surface area contributed by atoms with Gasteiger partial charge in [-0.1, -0.05) is 13.3 Å². The molecule has 0 fully saturated rings. The lowest BCUT2D eigenvalue weighted by molar-refractivity contribution is -0.893. The molecular formula is C10H22NO3+. The van der Waals surface area contributed by atoms with Gasteiger partial charge in [0.05, 0.1) is 31.2 Å². The first-order chi connectivity index (χ1) is 7.48. The highest BCUT2D eigenvalue weighted by Gasteiger charge is 2.21. The quantitative estimate of drug-likeness (QED) is 0.604. The molecule has 0 saturated carbocycles. The summed E-state index contributed by atoms with van der Waals surface area (Å²) in [6.45, 7) is 0.0462. The Morgan fingerprint density at radius 3 is 2.64 bits per heavy atom. The number of carbonyl (C=O) groups is 1. The van der Waals surface area contributed by atoms with Crippen LogP contribution in [0.3, 0.4) is 0 Å². The monoisotopic (exact) mass is 207 g/mol. The predicted molar refractivity (Wildman–Crippen MR) is 55.0 cm³/mol. The molecule has 0 amide bonds. The van der Waals surface area contributed by atoms with Crippen LogP contribution in [0, 0.1) is 0 Å². The predicted octanol–water partition coefficient (Wildman–Crippen LogP) is 0.698. The Morgan fingerprint density at radius 2 is 2.21 bits per heavy atom. The van der Waals surface area contributed by atoms with Gasteiger partial charge in [0.1, 0.15) is 12.6 Å². The molecule has 0 aromatic heterocycles. The summed E-state index contributed by atoms with van der Waals surface area (Å²) in [7, 11) is 3.11. The molecule has 14 heavy (non-hydrogen) atoms. The van der Waals surface area contributed by atoms with Crippen molar-refractivity contribution in [3.8, 4) is 0 Å². The third-order valence-corrected chi connectivity index (χ3v) is 1.82. The summed E-state index contributed by atoms with van der Waals surface area (Å²) >= 11 is 0. The van der Waals surface area contributed by atoms with Crippen molar-refractivity contribution in [2.45, 2.75) is 32.3 Å². The molecule has 2 N–H and O–H groups in total. The zero-order valence-corrected chi connectivity index (χ0v) is 9.08. The smallest absolute Gasteiger partial charge is 0.306 e. The van der Waals surface area contributed by atoms with Crippen LogP contribution < -0.4 is 0 Å². The number of rotatable bonds is 7. The fourth-order valence-electron chi connectivity index (χ4n) is 1.14. The molecule has 0 aliphatic heterocycles. The number of likely N-dealkylation sites (N-methyl/N-ethyl adjacent to an activating group) is 1. The van der Waals surface area contributed by atoms with E-state index in [0.29, 0.717) is 6.54 Å². The van der Waals surface area contributed by atoms with Crippen molar-refractivity contribution in [3.05, 3.63) is 0 Å². The molecule has 0 heterocycles. The van der Waals surface area contributed by atoms with E-state index in [1.807, 2.05) is 6.92 Å². The minimum atomic E-state index is -2.64. The molecule has 4 nitrogen and oxygen atoms in total. The summed E-state index contributed by atoms with van der Waals surface area (Å²) in [6, 6.07) is 0. The molecule has 0 bridgehead atoms. The van der Waals surface area contributed by atoms with Crippen LogP contribution in [0.2, 0.25) is 0 Å². The number of nitrogens with zero attached hydrogens (tertiary/aromatic N) is 1. The van der Waals surface area contributed by atoms with E-state index in [0.717, 1.165) is 12.8 Å². The number of carboxylic acids is 1. The molecule has 0 aliphatic carbocycles. The van der Waals surface area contributed by atoms with Gasteiger partial charge in [-0.2, -0.15) is 0 Å². The first-order valence-corrected chi connectivity index (χ1v) is 4.75. The van der Waals surface area contributed by atoms with Crippen LogP contribution in [0.25, 0.3) is 0 Å². The summed E-state index contributed by atoms with van der Waals surface area (Å²) in [5.41, 5.74) is 0. The molecule has 0 aromatic rings. The Bertz CT molecular complexity index is 280. The van der Waals surface area contributed by atoms with Crippen LogP contribution in [0.5, 0.6) is 0 Å². The summed E-state index contributed by atoms with van der Waals surface area (Å²) in [4.78, 5) is 10.5. The van der Waals surface area contributed by atoms with Crippen LogP contribution in [-0.4, -0.2) is 53.9 Å². The third kappa shape index (κ3) is 6.86. The van der Waals surface area contributed by atoms with Crippen LogP contribution in [0.15, 0.2) is 0 Å². The number of aliphatic hydroxyl groups is 1. The van der Waals surface area contributed by atoms with Crippen molar-refractivity contribution in [3.63, 3.8) is 0 Å². The van der Waals surface area contributed by atoms with Crippen molar-refractivity contribution in [2.75, 3.05) is 27.1 Å². The van der Waals surface area contributed by atoms with E-state index >= 15 is 0 Å². The Morgan fingerprint density at radius 1 is 1.64 bits per heavy atom. The maximum Gasteiger partial charge on any atom is 0.306 e. The molecule has 0 aliphatic rings. The number of hydrogen-bond acceptors (Lipinski definition) is 2. The average Bonchev–Trinajstić information content (AvgIpc) is 2.12. The zero-order chi connectivity index (χ0) is 13.9. The van der Waals surface area contributed by atoms with Crippen molar-refractivity contribution in [2.24, 2.45) is 0 Å². The van der Waals surface area contributed by atoms with Crippen LogP contribution >= 0.6 is 0 Å². The van der Waals surface area contributed by atoms with Crippen LogP contribution in [-0.2, 0) is 4.79 Å². The molecule has 1 atom stereocenters. The molecule has 0 rings (SSSR count). The van der Waals surface area contributed by atoms with Crippen molar-refractivity contribution in [1.82, 2.24) is 0 Å². The van der Waals surface area contributed by atoms with E-state index in [1.54, 1.807) is 14.1 Å². The first-order valence-electron chi connectivity index (χ1n) is 6.25. The second-order valence-electron chi connectivity index (χ2n) is 3.89. The lowest BCUT2D eigenvalue weighted by Crippen LogP contribution is -2.46. The van der Waals surface area contributed by atoms with Gasteiger partial charge in [0.15, 0.2) is 0 Å². The van der Waals surface area contributed by atoms with E-state index in [9.17, 15) is 9.90 Å². The van der Waals surface area contributed by atoms with Crippen molar-refractivity contribution in [1.29, 1.82) is 0 Å². The summed E-state index contributed by atoms with van der Waals surface area (Å²) in [5.74, 6) is -1.39. The summed E-state index contributed by atoms with van der Waals surface area (Å²) in [5, 5.41) is 18.3. The van der Waals surface area contributed by atoms with E-state index in [2.05, 4.69) is 0 Å². The number of carboxylic acid groups (broad SMARTS) is 1. The molecule has 0 spiro atoms. The van der Waals surface area contributed by atoms with E-state index in [1.165, 1.54) is 0 Å². The van der Waals surface area contributed by atoms with Crippen molar-refractivity contribution < 1.29 is 23.6 Å². The SMILES string of the molecule is [2H]C(O)(CC(=O)O)C([2H])([2H])[N+](C)(C)CCCC. The van der Waals surface area contributed by atoms with Gasteiger partial charge in [0.25, 0.3) is 0 Å². The standard InChI is InChI=1S/C10H21NO3/c1-4-5-6-11(2,3)8-9(12)7-10(13)14/h9,12H,4-8H2,1-3H3/p+1/i8D2,9D. The topological polar surface area (TPSA) is 57.5 Å². The molecule has 4 heteroatoms. The second-order valence-corrected chi connectivity index (χ2v) is 3.89. The van der Waals surface area contributed by atoms with Gasteiger partial charge in [0, 0.05) is 0 Å². The molecule has 0 radical (unpaired) electrons. The first kappa shape index (κ1) is 8.68. The van der Waals surface area contributed by atoms with Gasteiger partial charge in [-0.05, 0) is 6.42 Å². The van der Waals surface area contributed by atoms with Crippen LogP contribution in [0.4, 0.5) is 0 Å². The van der Waals surface area contributed by atoms with Crippen molar-refractivity contribution >= 4 is 5.97 Å². The highest BCUT2D eigenvalue weighted by atomic mass is 16.4. The maximum atomic E-state index is 10.5. The second kappa shape index (κ2) is 5.98. The lowest BCUT2D eigenvalue weighted by atomic mass is 10.2. The Kier molecular flexibility index (Phi) is 3.71. The molecule has 0 aromatic carbocycles. The molecule has 1 unspecified atom stereocenters. The fourth-order valence-corrected chi connectivity index (χ4v) is 1.14. The molecule has 84 valence electrons. The highest BCUT2D eigenvalue weighted by molar-refractivity contribution is 5.67. The van der Waals surface area contributed by atoms with Crippen LogP contribution in [0.1, 0.15) is 30.3 Å². The number of hydrogen-bond donors (Lipinski definition) is 2. The highest BCUT2D eigenvalue weighted by Crippen LogP contribution is 2.05. The van der Waals surface area contributed by atoms with E-state index in [-0.39, 0.29) is 4.48 Å². The van der Waals surface area contributed by atoms with Gasteiger partial charge in [-0.3, -0.25) is 4.79 Å². The van der Waals surface area contributed by atoms with E-state index in [4.69, 9.17) is 9.22 Å². The minimum Gasteiger partial charge on any atom is -0.481 e. The average molecular weight is 207 g/mol. The van der Waals surface area contributed by atoms with E-state index < -0.39 is 25.0 Å². The summed E-state index contributed by atoms with van der Waals surface area (Å²) < 4.78 is 23.0. The zero-order valence-electron chi connectivity index (χ0n) is 12.1. The largest absolute Gasteiger partial charge is 0.481 e. The normalized spacial score (nSPS) is 20.4. The fraction of sp³-hybridized carbons (Fsp3) is 0.900. The van der Waals surface area contributed by atoms with Gasteiger partial charge in [0.2, 0.25) is 0 Å². The van der Waals surface area contributed by atoms with Gasteiger partial charge < -0.3 is 14.7 Å². The Hall–Kier alpha value is -0.610. The lowest BCUT2D eigenvalue weighted by Gasteiger charge is -2.31.